The molecule has 22 heavy (non-hydrogen) atoms. The van der Waals surface area contributed by atoms with Crippen LogP contribution in [-0.2, 0) is 17.6 Å². The number of carbonyl (C=O) groups is 1. The molecular formula is C19H25FO2. The van der Waals surface area contributed by atoms with Gasteiger partial charge in [-0.15, -0.1) is 0 Å². The molecule has 1 aromatic rings. The molecule has 1 heterocycles. The summed E-state index contributed by atoms with van der Waals surface area (Å²) in [6, 6.07) is 3.78. The second-order valence-electron chi connectivity index (χ2n) is 7.16. The van der Waals surface area contributed by atoms with E-state index in [2.05, 4.69) is 6.92 Å². The number of hydrogen-bond donors (Lipinski definition) is 0. The SMILES string of the molecule is CC1CCC(CCc2ccc3c(c2F)C(=O)OC(C)C3)CC1. The summed E-state index contributed by atoms with van der Waals surface area (Å²) in [7, 11) is 0. The summed E-state index contributed by atoms with van der Waals surface area (Å²) in [6.07, 6.45) is 7.30. The third-order valence-electron chi connectivity index (χ3n) is 5.29. The first-order chi connectivity index (χ1) is 10.5. The second kappa shape index (κ2) is 6.39. The Bertz CT molecular complexity index is 559. The number of carbonyl (C=O) groups excluding carboxylic acids is 1. The molecular weight excluding hydrogens is 279 g/mol. The van der Waals surface area contributed by atoms with Crippen LogP contribution in [0.3, 0.4) is 0 Å². The highest BCUT2D eigenvalue weighted by Gasteiger charge is 2.28. The molecule has 2 nitrogen and oxygen atoms in total. The van der Waals surface area contributed by atoms with Crippen molar-refractivity contribution in [2.24, 2.45) is 11.8 Å². The van der Waals surface area contributed by atoms with Gasteiger partial charge in [0.05, 0.1) is 5.56 Å². The highest BCUT2D eigenvalue weighted by molar-refractivity contribution is 5.92. The zero-order chi connectivity index (χ0) is 15.7. The van der Waals surface area contributed by atoms with Gasteiger partial charge in [0.2, 0.25) is 0 Å². The van der Waals surface area contributed by atoms with Gasteiger partial charge < -0.3 is 4.74 Å². The van der Waals surface area contributed by atoms with Crippen LogP contribution >= 0.6 is 0 Å². The number of fused-ring (bicyclic) bond motifs is 1. The van der Waals surface area contributed by atoms with Gasteiger partial charge >= 0.3 is 5.97 Å². The third kappa shape index (κ3) is 3.18. The maximum Gasteiger partial charge on any atom is 0.341 e. The molecule has 1 atom stereocenters. The van der Waals surface area contributed by atoms with Crippen molar-refractivity contribution in [2.45, 2.75) is 64.9 Å². The number of benzene rings is 1. The summed E-state index contributed by atoms with van der Waals surface area (Å²) in [5, 5.41) is 0. The van der Waals surface area contributed by atoms with Crippen LogP contribution in [0, 0.1) is 17.7 Å². The van der Waals surface area contributed by atoms with E-state index in [9.17, 15) is 9.18 Å². The minimum atomic E-state index is -0.500. The molecule has 0 N–H and O–H groups in total. The minimum absolute atomic E-state index is 0.158. The van der Waals surface area contributed by atoms with Crippen molar-refractivity contribution in [3.8, 4) is 0 Å². The van der Waals surface area contributed by atoms with Crippen LogP contribution in [0.1, 0.15) is 67.4 Å². The number of esters is 1. The van der Waals surface area contributed by atoms with Crippen molar-refractivity contribution in [3.63, 3.8) is 0 Å². The predicted molar refractivity (Wildman–Crippen MR) is 84.4 cm³/mol. The molecule has 1 saturated carbocycles. The van der Waals surface area contributed by atoms with Crippen LogP contribution in [0.5, 0.6) is 0 Å². The molecule has 0 radical (unpaired) electrons. The summed E-state index contributed by atoms with van der Waals surface area (Å²) >= 11 is 0. The molecule has 0 aromatic heterocycles. The minimum Gasteiger partial charge on any atom is -0.459 e. The smallest absolute Gasteiger partial charge is 0.341 e. The van der Waals surface area contributed by atoms with E-state index in [-0.39, 0.29) is 17.5 Å². The van der Waals surface area contributed by atoms with Crippen LogP contribution in [0.15, 0.2) is 12.1 Å². The van der Waals surface area contributed by atoms with Gasteiger partial charge in [-0.1, -0.05) is 44.7 Å². The average Bonchev–Trinajstić information content (AvgIpc) is 2.47. The lowest BCUT2D eigenvalue weighted by Gasteiger charge is -2.26. The van der Waals surface area contributed by atoms with Crippen LogP contribution in [-0.4, -0.2) is 12.1 Å². The molecule has 3 heteroatoms. The van der Waals surface area contributed by atoms with E-state index in [0.717, 1.165) is 24.3 Å². The first-order valence-corrected chi connectivity index (χ1v) is 8.55. The summed E-state index contributed by atoms with van der Waals surface area (Å²) in [6.45, 7) is 4.16. The summed E-state index contributed by atoms with van der Waals surface area (Å²) < 4.78 is 19.8. The molecule has 0 spiro atoms. The van der Waals surface area contributed by atoms with Crippen molar-refractivity contribution in [3.05, 3.63) is 34.6 Å². The molecule has 0 saturated heterocycles. The van der Waals surface area contributed by atoms with E-state index < -0.39 is 5.97 Å². The van der Waals surface area contributed by atoms with E-state index in [4.69, 9.17) is 4.74 Å². The number of ether oxygens (including phenoxy) is 1. The van der Waals surface area contributed by atoms with Gasteiger partial charge in [-0.25, -0.2) is 9.18 Å². The topological polar surface area (TPSA) is 26.3 Å². The van der Waals surface area contributed by atoms with E-state index in [1.807, 2.05) is 19.1 Å². The first-order valence-electron chi connectivity index (χ1n) is 8.55. The zero-order valence-electron chi connectivity index (χ0n) is 13.5. The lowest BCUT2D eigenvalue weighted by Crippen LogP contribution is -2.26. The molecule has 1 aliphatic carbocycles. The number of rotatable bonds is 3. The average molecular weight is 304 g/mol. The Labute approximate surface area is 132 Å². The summed E-state index contributed by atoms with van der Waals surface area (Å²) in [5.41, 5.74) is 1.63. The maximum absolute atomic E-state index is 14.6. The zero-order valence-corrected chi connectivity index (χ0v) is 13.5. The number of halogens is 1. The Morgan fingerprint density at radius 2 is 1.91 bits per heavy atom. The summed E-state index contributed by atoms with van der Waals surface area (Å²) in [4.78, 5) is 11.9. The first kappa shape index (κ1) is 15.5. The predicted octanol–water partition coefficient (Wildman–Crippen LogP) is 4.69. The Kier molecular flexibility index (Phi) is 4.51. The van der Waals surface area contributed by atoms with Gasteiger partial charge in [0, 0.05) is 6.42 Å². The van der Waals surface area contributed by atoms with Gasteiger partial charge in [-0.05, 0) is 42.7 Å². The Morgan fingerprint density at radius 3 is 2.64 bits per heavy atom. The largest absolute Gasteiger partial charge is 0.459 e. The van der Waals surface area contributed by atoms with E-state index in [0.29, 0.717) is 17.9 Å². The standard InChI is InChI=1S/C19H25FO2/c1-12-3-5-14(6-4-12)7-8-15-9-10-16-11-13(2)22-19(21)17(16)18(15)20/h9-10,12-14H,3-8,11H2,1-2H3. The van der Waals surface area contributed by atoms with Crippen molar-refractivity contribution in [1.29, 1.82) is 0 Å². The van der Waals surface area contributed by atoms with E-state index in [1.54, 1.807) is 0 Å². The van der Waals surface area contributed by atoms with Crippen molar-refractivity contribution in [2.75, 3.05) is 0 Å². The molecule has 1 aliphatic heterocycles. The number of cyclic esters (lactones) is 1. The van der Waals surface area contributed by atoms with Crippen molar-refractivity contribution < 1.29 is 13.9 Å². The summed E-state index contributed by atoms with van der Waals surface area (Å²) in [5.74, 6) is 0.699. The molecule has 1 aromatic carbocycles. The Morgan fingerprint density at radius 1 is 1.18 bits per heavy atom. The highest BCUT2D eigenvalue weighted by atomic mass is 19.1. The van der Waals surface area contributed by atoms with E-state index in [1.165, 1.54) is 25.7 Å². The molecule has 120 valence electrons. The lowest BCUT2D eigenvalue weighted by molar-refractivity contribution is 0.0294. The van der Waals surface area contributed by atoms with Crippen molar-refractivity contribution in [1.82, 2.24) is 0 Å². The van der Waals surface area contributed by atoms with Crippen molar-refractivity contribution >= 4 is 5.97 Å². The monoisotopic (exact) mass is 304 g/mol. The van der Waals surface area contributed by atoms with E-state index >= 15 is 0 Å². The number of aryl methyl sites for hydroxylation is 1. The fraction of sp³-hybridized carbons (Fsp3) is 0.632. The van der Waals surface area contributed by atoms with Crippen LogP contribution in [0.4, 0.5) is 4.39 Å². The van der Waals surface area contributed by atoms with Gasteiger partial charge in [0.15, 0.2) is 0 Å². The molecule has 0 amide bonds. The molecule has 1 fully saturated rings. The van der Waals surface area contributed by atoms with Crippen LogP contribution < -0.4 is 0 Å². The van der Waals surface area contributed by atoms with Crippen LogP contribution in [0.2, 0.25) is 0 Å². The fourth-order valence-corrected chi connectivity index (χ4v) is 3.81. The van der Waals surface area contributed by atoms with Gasteiger partial charge in [0.1, 0.15) is 11.9 Å². The highest BCUT2D eigenvalue weighted by Crippen LogP contribution is 2.32. The normalized spacial score (nSPS) is 28.1. The lowest BCUT2D eigenvalue weighted by atomic mass is 9.80. The molecule has 1 unspecified atom stereocenters. The molecule has 3 rings (SSSR count). The maximum atomic E-state index is 14.6. The van der Waals surface area contributed by atoms with Gasteiger partial charge in [-0.2, -0.15) is 0 Å². The fourth-order valence-electron chi connectivity index (χ4n) is 3.81. The third-order valence-corrected chi connectivity index (χ3v) is 5.29. The van der Waals surface area contributed by atoms with Gasteiger partial charge in [0.25, 0.3) is 0 Å². The Balaban J connectivity index is 1.70. The van der Waals surface area contributed by atoms with Gasteiger partial charge in [-0.3, -0.25) is 0 Å². The van der Waals surface area contributed by atoms with Crippen LogP contribution in [0.25, 0.3) is 0 Å². The second-order valence-corrected chi connectivity index (χ2v) is 7.16. The molecule has 2 aliphatic rings. The number of hydrogen-bond acceptors (Lipinski definition) is 2. The molecule has 0 bridgehead atoms. The quantitative estimate of drug-likeness (QED) is 0.757. The Hall–Kier alpha value is -1.38.